The van der Waals surface area contributed by atoms with Gasteiger partial charge in [0.15, 0.2) is 30.6 Å². The average molecular weight is 733 g/mol. The Hall–Kier alpha value is -2.40. The van der Waals surface area contributed by atoms with Crippen molar-refractivity contribution in [3.05, 3.63) is 22.9 Å². The molecule has 16 heteroatoms. The van der Waals surface area contributed by atoms with Crippen molar-refractivity contribution in [2.45, 2.75) is 126 Å². The van der Waals surface area contributed by atoms with Crippen molar-refractivity contribution >= 4 is 53.8 Å². The van der Waals surface area contributed by atoms with Gasteiger partial charge < -0.3 is 24.6 Å². The van der Waals surface area contributed by atoms with Gasteiger partial charge in [-0.1, -0.05) is 46.7 Å². The predicted octanol–water partition coefficient (Wildman–Crippen LogP) is 5.03. The quantitative estimate of drug-likeness (QED) is 0.371. The number of rotatable bonds is 8. The minimum absolute atomic E-state index is 0.122. The maximum atomic E-state index is 12.9. The van der Waals surface area contributed by atoms with Crippen LogP contribution in [-0.4, -0.2) is 85.2 Å². The third-order valence-electron chi connectivity index (χ3n) is 8.71. The van der Waals surface area contributed by atoms with Gasteiger partial charge in [0.25, 0.3) is 0 Å². The normalized spacial score (nSPS) is 17.7. The van der Waals surface area contributed by atoms with E-state index in [0.717, 1.165) is 5.69 Å². The number of ether oxygens (including phenoxy) is 2. The summed E-state index contributed by atoms with van der Waals surface area (Å²) in [4.78, 5) is 29.6. The second-order valence-electron chi connectivity index (χ2n) is 15.3. The second kappa shape index (κ2) is 14.8. The molecule has 2 aromatic rings. The number of sulfone groups is 2. The number of amides is 2. The lowest BCUT2D eigenvalue weighted by atomic mass is 9.93. The van der Waals surface area contributed by atoms with Crippen molar-refractivity contribution in [1.29, 1.82) is 0 Å². The molecule has 0 aromatic carbocycles. The summed E-state index contributed by atoms with van der Waals surface area (Å²) >= 11 is 1.31. The highest BCUT2D eigenvalue weighted by Crippen LogP contribution is 2.32. The van der Waals surface area contributed by atoms with Crippen molar-refractivity contribution in [3.63, 3.8) is 0 Å². The molecule has 0 spiro atoms. The lowest BCUT2D eigenvalue weighted by molar-refractivity contribution is -0.118. The highest BCUT2D eigenvalue weighted by atomic mass is 32.2. The van der Waals surface area contributed by atoms with Crippen LogP contribution in [0.5, 0.6) is 0 Å². The van der Waals surface area contributed by atoms with Crippen molar-refractivity contribution < 1.29 is 40.4 Å². The van der Waals surface area contributed by atoms with Gasteiger partial charge in [0.2, 0.25) is 11.8 Å². The third kappa shape index (κ3) is 9.03. The van der Waals surface area contributed by atoms with Gasteiger partial charge in [-0.3, -0.25) is 9.59 Å². The zero-order chi connectivity index (χ0) is 36.3. The summed E-state index contributed by atoms with van der Waals surface area (Å²) in [5, 5.41) is 10.3. The average Bonchev–Trinajstić information content (AvgIpc) is 3.68. The molecule has 0 unspecified atom stereocenters. The molecular weight excluding hydrogens is 681 g/mol. The molecule has 0 radical (unpaired) electrons. The van der Waals surface area contributed by atoms with E-state index in [1.807, 2.05) is 46.9 Å². The molecule has 48 heavy (non-hydrogen) atoms. The highest BCUT2D eigenvalue weighted by molar-refractivity contribution is 7.94. The van der Waals surface area contributed by atoms with E-state index in [9.17, 15) is 26.4 Å². The fraction of sp³-hybridized carbons (Fsp3) is 0.750. The molecular formula is C32H52N4O9S3. The Kier molecular flexibility index (Phi) is 12.4. The fourth-order valence-corrected chi connectivity index (χ4v) is 9.79. The molecule has 4 heterocycles. The van der Waals surface area contributed by atoms with Crippen LogP contribution in [-0.2, 0) is 49.6 Å². The second-order valence-corrected chi connectivity index (χ2v) is 21.7. The first-order valence-corrected chi connectivity index (χ1v) is 20.1. The minimum atomic E-state index is -3.65. The van der Waals surface area contributed by atoms with Crippen molar-refractivity contribution in [2.75, 3.05) is 37.1 Å². The van der Waals surface area contributed by atoms with E-state index in [0.29, 0.717) is 63.0 Å². The maximum Gasteiger partial charge on any atom is 0.247 e. The first-order chi connectivity index (χ1) is 21.9. The van der Waals surface area contributed by atoms with Gasteiger partial charge in [0, 0.05) is 48.7 Å². The van der Waals surface area contributed by atoms with Crippen LogP contribution in [0.1, 0.15) is 106 Å². The summed E-state index contributed by atoms with van der Waals surface area (Å²) in [5.74, 6) is -0.311. The smallest absolute Gasteiger partial charge is 0.247 e. The van der Waals surface area contributed by atoms with Crippen LogP contribution in [0.15, 0.2) is 16.0 Å². The minimum Gasteiger partial charge on any atom is -0.381 e. The van der Waals surface area contributed by atoms with E-state index in [2.05, 4.69) is 20.8 Å². The summed E-state index contributed by atoms with van der Waals surface area (Å²) in [6, 6.07) is 1.62. The van der Waals surface area contributed by atoms with Crippen LogP contribution in [0.4, 0.5) is 10.9 Å². The van der Waals surface area contributed by atoms with E-state index in [1.165, 1.54) is 39.0 Å². The van der Waals surface area contributed by atoms with Crippen LogP contribution in [0.2, 0.25) is 0 Å². The Labute approximate surface area is 289 Å². The number of thiazole rings is 1. The molecule has 2 aliphatic rings. The van der Waals surface area contributed by atoms with Crippen LogP contribution >= 0.6 is 11.3 Å². The number of nitrogens with one attached hydrogen (secondary N) is 2. The Morgan fingerprint density at radius 3 is 1.54 bits per heavy atom. The Bertz CT molecular complexity index is 1510. The SMILES string of the molecule is CC(C)(C)c1cc(NC(=O)C(C)(C)S(=O)(=O)C2CCOCC2)no1.CC(C)(C)c1csc(NC(=O)C(C)(C)S(=O)(=O)C2CCOCC2)n1. The number of hydrogen-bond acceptors (Lipinski definition) is 12. The summed E-state index contributed by atoms with van der Waals surface area (Å²) in [6.07, 6.45) is 1.70. The lowest BCUT2D eigenvalue weighted by Crippen LogP contribution is -2.50. The molecule has 2 saturated heterocycles. The Morgan fingerprint density at radius 1 is 0.729 bits per heavy atom. The predicted molar refractivity (Wildman–Crippen MR) is 187 cm³/mol. The molecule has 0 bridgehead atoms. The van der Waals surface area contributed by atoms with Crippen LogP contribution in [0.3, 0.4) is 0 Å². The van der Waals surface area contributed by atoms with Crippen LogP contribution in [0, 0.1) is 0 Å². The van der Waals surface area contributed by atoms with Gasteiger partial charge in [0.05, 0.1) is 16.2 Å². The van der Waals surface area contributed by atoms with E-state index in [-0.39, 0.29) is 16.6 Å². The molecule has 2 aliphatic heterocycles. The van der Waals surface area contributed by atoms with E-state index < -0.39 is 51.5 Å². The first kappa shape index (κ1) is 40.0. The van der Waals surface area contributed by atoms with Crippen LogP contribution < -0.4 is 10.6 Å². The molecule has 13 nitrogen and oxygen atoms in total. The van der Waals surface area contributed by atoms with Gasteiger partial charge >= 0.3 is 0 Å². The third-order valence-corrected chi connectivity index (χ3v) is 15.4. The number of nitrogens with zero attached hydrogens (tertiary/aromatic N) is 2. The molecule has 0 aliphatic carbocycles. The van der Waals surface area contributed by atoms with E-state index in [4.69, 9.17) is 14.0 Å². The van der Waals surface area contributed by atoms with Crippen molar-refractivity contribution in [3.8, 4) is 0 Å². The first-order valence-electron chi connectivity index (χ1n) is 16.1. The van der Waals surface area contributed by atoms with Gasteiger partial charge in [-0.25, -0.2) is 21.8 Å². The zero-order valence-electron chi connectivity index (χ0n) is 29.8. The highest BCUT2D eigenvalue weighted by Gasteiger charge is 2.48. The molecule has 2 N–H and O–H groups in total. The molecule has 0 atom stereocenters. The number of aromatic nitrogens is 2. The largest absolute Gasteiger partial charge is 0.381 e. The summed E-state index contributed by atoms with van der Waals surface area (Å²) in [7, 11) is -7.27. The summed E-state index contributed by atoms with van der Waals surface area (Å²) < 4.78 is 64.0. The van der Waals surface area contributed by atoms with E-state index >= 15 is 0 Å². The van der Waals surface area contributed by atoms with Gasteiger partial charge in [0.1, 0.15) is 15.3 Å². The molecule has 4 rings (SSSR count). The molecule has 0 saturated carbocycles. The molecule has 2 fully saturated rings. The topological polar surface area (TPSA) is 184 Å². The molecule has 2 amide bonds. The van der Waals surface area contributed by atoms with Gasteiger partial charge in [-0.2, -0.15) is 0 Å². The number of hydrogen-bond donors (Lipinski definition) is 2. The molecule has 272 valence electrons. The summed E-state index contributed by atoms with van der Waals surface area (Å²) in [6.45, 7) is 19.4. The monoisotopic (exact) mass is 732 g/mol. The lowest BCUT2D eigenvalue weighted by Gasteiger charge is -2.30. The number of carbonyl (C=O) groups is 2. The van der Waals surface area contributed by atoms with Crippen LogP contribution in [0.25, 0.3) is 0 Å². The van der Waals surface area contributed by atoms with Gasteiger partial charge in [-0.05, 0) is 53.4 Å². The fourth-order valence-electron chi connectivity index (χ4n) is 4.94. The number of carbonyl (C=O) groups excluding carboxylic acids is 2. The summed E-state index contributed by atoms with van der Waals surface area (Å²) in [5.41, 5.74) is 0.496. The standard InChI is InChI=1S/C16H26N2O5S.C16H26N2O4S2/c1-15(2,3)12-10-13(18-23-12)17-14(19)16(4,5)24(20,21)11-6-8-22-9-7-11;1-15(2,3)12-10-23-14(17-12)18-13(19)16(4,5)24(20,21)11-6-8-22-9-7-11/h2*10-11H,6-9H2,1-5H3,(H,17,18,19). The Morgan fingerprint density at radius 2 is 1.17 bits per heavy atom. The maximum absolute atomic E-state index is 12.9. The van der Waals surface area contributed by atoms with Crippen molar-refractivity contribution in [1.82, 2.24) is 10.1 Å². The zero-order valence-corrected chi connectivity index (χ0v) is 32.2. The van der Waals surface area contributed by atoms with Crippen molar-refractivity contribution in [2.24, 2.45) is 0 Å². The van der Waals surface area contributed by atoms with Gasteiger partial charge in [-0.15, -0.1) is 11.3 Å². The Balaban J connectivity index is 0.000000260. The molecule has 2 aromatic heterocycles. The number of anilines is 2. The van der Waals surface area contributed by atoms with E-state index in [1.54, 1.807) is 6.07 Å².